The van der Waals surface area contributed by atoms with Crippen LogP contribution in [0.25, 0.3) is 0 Å². The SMILES string of the molecule is CNCCN(Cc1ccccc1C(F)(F)F)C(=O)CNc1cccc2c1CCN(C(=O)CC(C)C)C2. The summed E-state index contributed by atoms with van der Waals surface area (Å²) in [6.45, 7) is 5.78. The molecule has 0 aromatic heterocycles. The summed E-state index contributed by atoms with van der Waals surface area (Å²) in [5, 5.41) is 6.15. The Balaban J connectivity index is 1.70. The molecule has 1 aliphatic heterocycles. The Hall–Kier alpha value is -3.07. The zero-order valence-electron chi connectivity index (χ0n) is 21.1. The highest BCUT2D eigenvalue weighted by atomic mass is 19.4. The quantitative estimate of drug-likeness (QED) is 0.507. The third-order valence-electron chi connectivity index (χ3n) is 6.30. The molecule has 0 radical (unpaired) electrons. The molecule has 196 valence electrons. The Morgan fingerprint density at radius 2 is 1.86 bits per heavy atom. The predicted molar refractivity (Wildman–Crippen MR) is 134 cm³/mol. The summed E-state index contributed by atoms with van der Waals surface area (Å²) in [7, 11) is 1.73. The first-order valence-electron chi connectivity index (χ1n) is 12.3. The second kappa shape index (κ2) is 12.3. The number of halogens is 3. The first-order valence-corrected chi connectivity index (χ1v) is 12.3. The molecule has 2 aromatic carbocycles. The number of carbonyl (C=O) groups excluding carboxylic acids is 2. The Morgan fingerprint density at radius 1 is 1.11 bits per heavy atom. The zero-order valence-corrected chi connectivity index (χ0v) is 21.1. The fraction of sp³-hybridized carbons (Fsp3) is 0.481. The zero-order chi connectivity index (χ0) is 26.3. The molecule has 36 heavy (non-hydrogen) atoms. The lowest BCUT2D eigenvalue weighted by molar-refractivity contribution is -0.139. The van der Waals surface area contributed by atoms with E-state index in [2.05, 4.69) is 10.6 Å². The van der Waals surface area contributed by atoms with Gasteiger partial charge in [-0.15, -0.1) is 0 Å². The highest BCUT2D eigenvalue weighted by molar-refractivity contribution is 5.81. The van der Waals surface area contributed by atoms with E-state index in [9.17, 15) is 22.8 Å². The van der Waals surface area contributed by atoms with Gasteiger partial charge in [-0.1, -0.05) is 44.2 Å². The highest BCUT2D eigenvalue weighted by Gasteiger charge is 2.33. The maximum absolute atomic E-state index is 13.5. The maximum Gasteiger partial charge on any atom is 0.416 e. The lowest BCUT2D eigenvalue weighted by Crippen LogP contribution is -2.40. The van der Waals surface area contributed by atoms with Crippen molar-refractivity contribution in [3.8, 4) is 0 Å². The van der Waals surface area contributed by atoms with Gasteiger partial charge in [-0.25, -0.2) is 0 Å². The summed E-state index contributed by atoms with van der Waals surface area (Å²) in [6.07, 6.45) is -3.29. The van der Waals surface area contributed by atoms with Crippen LogP contribution in [0.3, 0.4) is 0 Å². The van der Waals surface area contributed by atoms with Gasteiger partial charge in [0, 0.05) is 44.8 Å². The number of fused-ring (bicyclic) bond motifs is 1. The standard InChI is InChI=1S/C27H35F3N4O2/c1-19(2)15-25(35)33-13-11-22-20(17-33)8-6-10-24(22)32-16-26(36)34(14-12-31-3)18-21-7-4-5-9-23(21)27(28,29)30/h4-10,19,31-32H,11-18H2,1-3H3. The molecule has 0 aliphatic carbocycles. The van der Waals surface area contributed by atoms with Gasteiger partial charge < -0.3 is 20.4 Å². The summed E-state index contributed by atoms with van der Waals surface area (Å²) in [5.74, 6) is 0.153. The van der Waals surface area contributed by atoms with Gasteiger partial charge in [0.25, 0.3) is 0 Å². The highest BCUT2D eigenvalue weighted by Crippen LogP contribution is 2.32. The average molecular weight is 505 g/mol. The van der Waals surface area contributed by atoms with Gasteiger partial charge in [-0.05, 0) is 48.2 Å². The number of alkyl halides is 3. The maximum atomic E-state index is 13.5. The van der Waals surface area contributed by atoms with Crippen molar-refractivity contribution in [2.75, 3.05) is 38.5 Å². The number of benzene rings is 2. The van der Waals surface area contributed by atoms with Gasteiger partial charge >= 0.3 is 6.18 Å². The van der Waals surface area contributed by atoms with E-state index < -0.39 is 11.7 Å². The fourth-order valence-corrected chi connectivity index (χ4v) is 4.43. The minimum Gasteiger partial charge on any atom is -0.376 e. The number of carbonyl (C=O) groups is 2. The number of likely N-dealkylation sites (N-methyl/N-ethyl adjacent to an activating group) is 1. The Labute approximate surface area is 210 Å². The Bertz CT molecular complexity index is 1060. The second-order valence-electron chi connectivity index (χ2n) is 9.53. The molecule has 0 atom stereocenters. The summed E-state index contributed by atoms with van der Waals surface area (Å²) in [6, 6.07) is 11.1. The summed E-state index contributed by atoms with van der Waals surface area (Å²) in [5.41, 5.74) is 2.28. The van der Waals surface area contributed by atoms with Gasteiger partial charge in [-0.3, -0.25) is 9.59 Å². The van der Waals surface area contributed by atoms with E-state index in [1.807, 2.05) is 36.9 Å². The predicted octanol–water partition coefficient (Wildman–Crippen LogP) is 4.30. The summed E-state index contributed by atoms with van der Waals surface area (Å²) in [4.78, 5) is 28.9. The van der Waals surface area contributed by atoms with Crippen LogP contribution in [0, 0.1) is 5.92 Å². The molecule has 0 bridgehead atoms. The second-order valence-corrected chi connectivity index (χ2v) is 9.53. The fourth-order valence-electron chi connectivity index (χ4n) is 4.43. The molecule has 0 saturated heterocycles. The van der Waals surface area contributed by atoms with E-state index in [-0.39, 0.29) is 37.0 Å². The van der Waals surface area contributed by atoms with Crippen LogP contribution in [-0.2, 0) is 35.3 Å². The molecular formula is C27H35F3N4O2. The van der Waals surface area contributed by atoms with Crippen LogP contribution in [0.2, 0.25) is 0 Å². The number of rotatable bonds is 10. The number of hydrogen-bond donors (Lipinski definition) is 2. The minimum absolute atomic E-state index is 0.0374. The Kier molecular flexibility index (Phi) is 9.37. The molecule has 0 fully saturated rings. The van der Waals surface area contributed by atoms with Crippen molar-refractivity contribution in [3.05, 3.63) is 64.7 Å². The molecule has 6 nitrogen and oxygen atoms in total. The van der Waals surface area contributed by atoms with Crippen LogP contribution in [-0.4, -0.2) is 54.8 Å². The first kappa shape index (κ1) is 27.5. The first-order chi connectivity index (χ1) is 17.1. The van der Waals surface area contributed by atoms with Gasteiger partial charge in [-0.2, -0.15) is 13.2 Å². The number of hydrogen-bond acceptors (Lipinski definition) is 4. The van der Waals surface area contributed by atoms with Crippen molar-refractivity contribution >= 4 is 17.5 Å². The molecular weight excluding hydrogens is 469 g/mol. The van der Waals surface area contributed by atoms with Crippen LogP contribution in [0.5, 0.6) is 0 Å². The molecule has 2 N–H and O–H groups in total. The van der Waals surface area contributed by atoms with Crippen molar-refractivity contribution in [1.29, 1.82) is 0 Å². The van der Waals surface area contributed by atoms with E-state index >= 15 is 0 Å². The molecule has 2 amide bonds. The van der Waals surface area contributed by atoms with Crippen LogP contribution in [0.4, 0.5) is 18.9 Å². The number of anilines is 1. The van der Waals surface area contributed by atoms with Crippen molar-refractivity contribution < 1.29 is 22.8 Å². The van der Waals surface area contributed by atoms with Crippen LogP contribution < -0.4 is 10.6 Å². The average Bonchev–Trinajstić information content (AvgIpc) is 2.83. The van der Waals surface area contributed by atoms with Crippen molar-refractivity contribution in [3.63, 3.8) is 0 Å². The van der Waals surface area contributed by atoms with Crippen LogP contribution in [0.15, 0.2) is 42.5 Å². The molecule has 1 aliphatic rings. The molecule has 0 unspecified atom stereocenters. The molecule has 1 heterocycles. The number of nitrogens with zero attached hydrogens (tertiary/aromatic N) is 2. The molecule has 9 heteroatoms. The molecule has 0 spiro atoms. The van der Waals surface area contributed by atoms with Crippen molar-refractivity contribution in [1.82, 2.24) is 15.1 Å². The van der Waals surface area contributed by atoms with Gasteiger partial charge in [0.05, 0.1) is 12.1 Å². The van der Waals surface area contributed by atoms with Gasteiger partial charge in [0.2, 0.25) is 11.8 Å². The summed E-state index contributed by atoms with van der Waals surface area (Å²) < 4.78 is 40.4. The number of amides is 2. The third kappa shape index (κ3) is 7.22. The van der Waals surface area contributed by atoms with E-state index in [1.54, 1.807) is 13.1 Å². The lowest BCUT2D eigenvalue weighted by Gasteiger charge is -2.31. The Morgan fingerprint density at radius 3 is 2.56 bits per heavy atom. The van der Waals surface area contributed by atoms with Gasteiger partial charge in [0.15, 0.2) is 0 Å². The summed E-state index contributed by atoms with van der Waals surface area (Å²) >= 11 is 0. The van der Waals surface area contributed by atoms with Gasteiger partial charge in [0.1, 0.15) is 0 Å². The molecule has 3 rings (SSSR count). The topological polar surface area (TPSA) is 64.7 Å². The van der Waals surface area contributed by atoms with Crippen molar-refractivity contribution in [2.24, 2.45) is 5.92 Å². The molecule has 0 saturated carbocycles. The van der Waals surface area contributed by atoms with Crippen LogP contribution in [0.1, 0.15) is 42.5 Å². The smallest absolute Gasteiger partial charge is 0.376 e. The minimum atomic E-state index is -4.49. The lowest BCUT2D eigenvalue weighted by atomic mass is 9.97. The molecule has 2 aromatic rings. The normalized spacial score (nSPS) is 13.5. The van der Waals surface area contributed by atoms with E-state index in [4.69, 9.17) is 0 Å². The van der Waals surface area contributed by atoms with Crippen LogP contribution >= 0.6 is 0 Å². The monoisotopic (exact) mass is 504 g/mol. The third-order valence-corrected chi connectivity index (χ3v) is 6.30. The van der Waals surface area contributed by atoms with Crippen molar-refractivity contribution in [2.45, 2.75) is 46.0 Å². The van der Waals surface area contributed by atoms with E-state index in [1.165, 1.54) is 17.0 Å². The number of nitrogens with one attached hydrogen (secondary N) is 2. The van der Waals surface area contributed by atoms with E-state index in [0.717, 1.165) is 22.9 Å². The van der Waals surface area contributed by atoms with E-state index in [0.29, 0.717) is 38.4 Å². The largest absolute Gasteiger partial charge is 0.416 e.